The molecule has 0 spiro atoms. The monoisotopic (exact) mass is 418 g/mol. The lowest BCUT2D eigenvalue weighted by atomic mass is 10.0. The van der Waals surface area contributed by atoms with Gasteiger partial charge in [-0.15, -0.1) is 0 Å². The van der Waals surface area contributed by atoms with E-state index in [4.69, 9.17) is 9.47 Å². The van der Waals surface area contributed by atoms with Crippen LogP contribution in [0.2, 0.25) is 0 Å². The summed E-state index contributed by atoms with van der Waals surface area (Å²) in [4.78, 5) is 14.6. The number of nitrogens with one attached hydrogen (secondary N) is 1. The van der Waals surface area contributed by atoms with E-state index in [1.807, 2.05) is 6.92 Å². The van der Waals surface area contributed by atoms with E-state index in [9.17, 15) is 13.2 Å². The molecule has 0 radical (unpaired) electrons. The molecule has 2 aromatic carbocycles. The van der Waals surface area contributed by atoms with Crippen LogP contribution in [0.25, 0.3) is 0 Å². The van der Waals surface area contributed by atoms with Crippen LogP contribution in [0.1, 0.15) is 30.1 Å². The number of amides is 1. The molecule has 1 fully saturated rings. The number of hydrogen-bond donors (Lipinski definition) is 1. The van der Waals surface area contributed by atoms with Crippen molar-refractivity contribution in [3.63, 3.8) is 0 Å². The third-order valence-electron chi connectivity index (χ3n) is 4.87. The van der Waals surface area contributed by atoms with Crippen LogP contribution in [-0.2, 0) is 10.0 Å². The molecule has 0 saturated carbocycles. The fourth-order valence-corrected chi connectivity index (χ4v) is 4.61. The van der Waals surface area contributed by atoms with Crippen molar-refractivity contribution in [3.05, 3.63) is 54.1 Å². The minimum Gasteiger partial charge on any atom is -0.497 e. The zero-order valence-corrected chi connectivity index (χ0v) is 17.4. The number of benzene rings is 2. The van der Waals surface area contributed by atoms with E-state index in [0.717, 1.165) is 0 Å². The Morgan fingerprint density at radius 3 is 2.41 bits per heavy atom. The first kappa shape index (κ1) is 21.1. The van der Waals surface area contributed by atoms with E-state index >= 15 is 0 Å². The molecule has 156 valence electrons. The van der Waals surface area contributed by atoms with E-state index in [2.05, 4.69) is 4.72 Å². The molecule has 0 bridgehead atoms. The summed E-state index contributed by atoms with van der Waals surface area (Å²) in [5, 5.41) is 0. The number of likely N-dealkylation sites (tertiary alicyclic amines) is 1. The second kappa shape index (κ2) is 9.28. The van der Waals surface area contributed by atoms with Crippen molar-refractivity contribution in [2.45, 2.75) is 30.7 Å². The van der Waals surface area contributed by atoms with Crippen LogP contribution in [-0.4, -0.2) is 52.1 Å². The van der Waals surface area contributed by atoms with Crippen LogP contribution in [0.3, 0.4) is 0 Å². The molecule has 1 aliphatic rings. The Hall–Kier alpha value is -2.58. The predicted octanol–water partition coefficient (Wildman–Crippen LogP) is 2.68. The van der Waals surface area contributed by atoms with E-state index < -0.39 is 10.0 Å². The molecule has 1 heterocycles. The lowest BCUT2D eigenvalue weighted by Crippen LogP contribution is -2.46. The summed E-state index contributed by atoms with van der Waals surface area (Å²) in [5.41, 5.74) is 0.567. The zero-order chi connectivity index (χ0) is 20.9. The normalized spacial score (nSPS) is 15.2. The van der Waals surface area contributed by atoms with Crippen molar-refractivity contribution in [3.8, 4) is 11.5 Å². The van der Waals surface area contributed by atoms with E-state index in [-0.39, 0.29) is 16.8 Å². The first-order valence-electron chi connectivity index (χ1n) is 9.61. The highest BCUT2D eigenvalue weighted by Gasteiger charge is 2.27. The molecular formula is C21H26N2O5S. The molecule has 2 aromatic rings. The fraction of sp³-hybridized carbons (Fsp3) is 0.381. The number of nitrogens with zero attached hydrogens (tertiary/aromatic N) is 1. The average molecular weight is 419 g/mol. The number of piperidine rings is 1. The molecule has 29 heavy (non-hydrogen) atoms. The Kier molecular flexibility index (Phi) is 6.76. The van der Waals surface area contributed by atoms with Crippen molar-refractivity contribution in [2.24, 2.45) is 0 Å². The summed E-state index contributed by atoms with van der Waals surface area (Å²) in [5.74, 6) is 1.20. The number of sulfonamides is 1. The average Bonchev–Trinajstić information content (AvgIpc) is 2.74. The summed E-state index contributed by atoms with van der Waals surface area (Å²) in [7, 11) is -2.05. The lowest BCUT2D eigenvalue weighted by molar-refractivity contribution is 0.0711. The van der Waals surface area contributed by atoms with E-state index in [1.54, 1.807) is 48.4 Å². The van der Waals surface area contributed by atoms with Crippen LogP contribution in [0.4, 0.5) is 0 Å². The Morgan fingerprint density at radius 1 is 1.10 bits per heavy atom. The van der Waals surface area contributed by atoms with Crippen LogP contribution in [0, 0.1) is 0 Å². The van der Waals surface area contributed by atoms with Gasteiger partial charge in [-0.1, -0.05) is 6.07 Å². The summed E-state index contributed by atoms with van der Waals surface area (Å²) in [6.07, 6.45) is 1.12. The third kappa shape index (κ3) is 5.27. The molecule has 0 unspecified atom stereocenters. The van der Waals surface area contributed by atoms with Gasteiger partial charge in [-0.3, -0.25) is 4.79 Å². The van der Waals surface area contributed by atoms with Crippen LogP contribution in [0.5, 0.6) is 11.5 Å². The van der Waals surface area contributed by atoms with Crippen LogP contribution in [0.15, 0.2) is 53.4 Å². The molecule has 0 atom stereocenters. The SMILES string of the molecule is CCOc1ccc(S(=O)(=O)NC2CCN(C(=O)c3cccc(OC)c3)CC2)cc1. The maximum atomic E-state index is 12.7. The van der Waals surface area contributed by atoms with Crippen LogP contribution >= 0.6 is 0 Å². The number of methoxy groups -OCH3 is 1. The van der Waals surface area contributed by atoms with Gasteiger partial charge in [0.05, 0.1) is 18.6 Å². The summed E-state index contributed by atoms with van der Waals surface area (Å²) in [6, 6.07) is 13.2. The number of carbonyl (C=O) groups excluding carboxylic acids is 1. The Balaban J connectivity index is 1.58. The van der Waals surface area contributed by atoms with Gasteiger partial charge in [0, 0.05) is 24.7 Å². The van der Waals surface area contributed by atoms with Gasteiger partial charge in [-0.2, -0.15) is 0 Å². The Bertz CT molecular complexity index is 936. The molecule has 3 rings (SSSR count). The van der Waals surface area contributed by atoms with Crippen LogP contribution < -0.4 is 14.2 Å². The number of hydrogen-bond acceptors (Lipinski definition) is 5. The number of ether oxygens (including phenoxy) is 2. The van der Waals surface area contributed by atoms with Gasteiger partial charge in [0.1, 0.15) is 11.5 Å². The Morgan fingerprint density at radius 2 is 1.79 bits per heavy atom. The number of carbonyl (C=O) groups is 1. The molecule has 1 N–H and O–H groups in total. The van der Waals surface area contributed by atoms with Gasteiger partial charge in [0.25, 0.3) is 5.91 Å². The largest absolute Gasteiger partial charge is 0.497 e. The second-order valence-corrected chi connectivity index (χ2v) is 8.54. The molecule has 0 aromatic heterocycles. The van der Waals surface area contributed by atoms with Gasteiger partial charge < -0.3 is 14.4 Å². The van der Waals surface area contributed by atoms with Gasteiger partial charge in [-0.25, -0.2) is 13.1 Å². The molecule has 1 saturated heterocycles. The Labute approximate surface area is 171 Å². The fourth-order valence-electron chi connectivity index (χ4n) is 3.31. The van der Waals surface area contributed by atoms with Crippen molar-refractivity contribution >= 4 is 15.9 Å². The van der Waals surface area contributed by atoms with Crippen molar-refractivity contribution in [2.75, 3.05) is 26.8 Å². The standard InChI is InChI=1S/C21H26N2O5S/c1-3-28-18-7-9-20(10-8-18)29(25,26)22-17-11-13-23(14-12-17)21(24)16-5-4-6-19(15-16)27-2/h4-10,15,17,22H,3,11-14H2,1-2H3. The van der Waals surface area contributed by atoms with E-state index in [1.165, 1.54) is 12.1 Å². The highest BCUT2D eigenvalue weighted by Crippen LogP contribution is 2.20. The van der Waals surface area contributed by atoms with E-state index in [0.29, 0.717) is 49.6 Å². The molecule has 8 heteroatoms. The molecule has 0 aliphatic carbocycles. The highest BCUT2D eigenvalue weighted by molar-refractivity contribution is 7.89. The maximum Gasteiger partial charge on any atom is 0.253 e. The van der Waals surface area contributed by atoms with Crippen molar-refractivity contribution in [1.82, 2.24) is 9.62 Å². The first-order chi connectivity index (χ1) is 13.9. The molecular weight excluding hydrogens is 392 g/mol. The number of rotatable bonds is 7. The topological polar surface area (TPSA) is 84.9 Å². The van der Waals surface area contributed by atoms with Crippen molar-refractivity contribution in [1.29, 1.82) is 0 Å². The summed E-state index contributed by atoms with van der Waals surface area (Å²) >= 11 is 0. The maximum absolute atomic E-state index is 12.7. The van der Waals surface area contributed by atoms with Gasteiger partial charge in [0.2, 0.25) is 10.0 Å². The van der Waals surface area contributed by atoms with Gasteiger partial charge in [0.15, 0.2) is 0 Å². The molecule has 7 nitrogen and oxygen atoms in total. The summed E-state index contributed by atoms with van der Waals surface area (Å²) in [6.45, 7) is 3.38. The minimum atomic E-state index is -3.62. The quantitative estimate of drug-likeness (QED) is 0.747. The predicted molar refractivity (Wildman–Crippen MR) is 110 cm³/mol. The highest BCUT2D eigenvalue weighted by atomic mass is 32.2. The summed E-state index contributed by atoms with van der Waals surface area (Å²) < 4.78 is 38.5. The van der Waals surface area contributed by atoms with Gasteiger partial charge in [-0.05, 0) is 62.2 Å². The minimum absolute atomic E-state index is 0.0725. The smallest absolute Gasteiger partial charge is 0.253 e. The lowest BCUT2D eigenvalue weighted by Gasteiger charge is -2.32. The zero-order valence-electron chi connectivity index (χ0n) is 16.6. The molecule has 1 amide bonds. The third-order valence-corrected chi connectivity index (χ3v) is 6.40. The second-order valence-electron chi connectivity index (χ2n) is 6.82. The first-order valence-corrected chi connectivity index (χ1v) is 11.1. The molecule has 1 aliphatic heterocycles. The van der Waals surface area contributed by atoms with Gasteiger partial charge >= 0.3 is 0 Å². The van der Waals surface area contributed by atoms with Crippen molar-refractivity contribution < 1.29 is 22.7 Å².